The summed E-state index contributed by atoms with van der Waals surface area (Å²) in [6, 6.07) is 17.2. The van der Waals surface area contributed by atoms with Gasteiger partial charge in [-0.05, 0) is 60.3 Å². The average Bonchev–Trinajstić information content (AvgIpc) is 3.11. The Morgan fingerprint density at radius 2 is 1.79 bits per heavy atom. The van der Waals surface area contributed by atoms with Crippen LogP contribution in [0, 0.1) is 6.92 Å². The number of methoxy groups -OCH3 is 1. The van der Waals surface area contributed by atoms with Crippen molar-refractivity contribution in [2.45, 2.75) is 6.92 Å². The summed E-state index contributed by atoms with van der Waals surface area (Å²) in [5, 5.41) is 8.11. The molecule has 5 heteroatoms. The van der Waals surface area contributed by atoms with E-state index in [9.17, 15) is 4.79 Å². The summed E-state index contributed by atoms with van der Waals surface area (Å²) in [6.07, 6.45) is 0. The Labute approximate surface area is 145 Å². The van der Waals surface area contributed by atoms with E-state index in [4.69, 9.17) is 4.74 Å². The summed E-state index contributed by atoms with van der Waals surface area (Å²) in [7, 11) is 1.65. The molecule has 1 aromatic heterocycles. The molecule has 0 fully saturated rings. The van der Waals surface area contributed by atoms with Crippen molar-refractivity contribution in [1.29, 1.82) is 0 Å². The Balaban J connectivity index is 1.71. The highest BCUT2D eigenvalue weighted by Gasteiger charge is 2.07. The van der Waals surface area contributed by atoms with E-state index in [0.29, 0.717) is 4.88 Å². The summed E-state index contributed by atoms with van der Waals surface area (Å²) >= 11 is 1.42. The van der Waals surface area contributed by atoms with Crippen molar-refractivity contribution in [2.75, 3.05) is 17.7 Å². The normalized spacial score (nSPS) is 10.2. The summed E-state index contributed by atoms with van der Waals surface area (Å²) in [5.74, 6) is 0.696. The predicted molar refractivity (Wildman–Crippen MR) is 99.7 cm³/mol. The fourth-order valence-electron chi connectivity index (χ4n) is 2.31. The van der Waals surface area contributed by atoms with E-state index in [1.165, 1.54) is 11.3 Å². The highest BCUT2D eigenvalue weighted by molar-refractivity contribution is 7.12. The van der Waals surface area contributed by atoms with Crippen LogP contribution in [0.3, 0.4) is 0 Å². The molecule has 3 aromatic rings. The van der Waals surface area contributed by atoms with Gasteiger partial charge in [-0.25, -0.2) is 0 Å². The highest BCUT2D eigenvalue weighted by atomic mass is 32.1. The molecule has 1 amide bonds. The molecule has 0 saturated heterocycles. The van der Waals surface area contributed by atoms with Gasteiger partial charge in [0.2, 0.25) is 0 Å². The molecular formula is C19H18N2O2S. The van der Waals surface area contributed by atoms with Crippen molar-refractivity contribution in [1.82, 2.24) is 0 Å². The second kappa shape index (κ2) is 7.19. The topological polar surface area (TPSA) is 50.4 Å². The van der Waals surface area contributed by atoms with Gasteiger partial charge in [-0.15, -0.1) is 11.3 Å². The minimum Gasteiger partial charge on any atom is -0.495 e. The van der Waals surface area contributed by atoms with Crippen molar-refractivity contribution < 1.29 is 9.53 Å². The lowest BCUT2D eigenvalue weighted by Crippen LogP contribution is -2.09. The van der Waals surface area contributed by atoms with Gasteiger partial charge in [0.25, 0.3) is 5.91 Å². The second-order valence-corrected chi connectivity index (χ2v) is 6.29. The van der Waals surface area contributed by atoms with Crippen LogP contribution in [0.4, 0.5) is 17.1 Å². The van der Waals surface area contributed by atoms with E-state index in [2.05, 4.69) is 10.6 Å². The number of nitrogens with one attached hydrogen (secondary N) is 2. The number of rotatable bonds is 5. The number of anilines is 3. The third-order valence-electron chi connectivity index (χ3n) is 3.52. The zero-order valence-corrected chi connectivity index (χ0v) is 14.3. The van der Waals surface area contributed by atoms with E-state index in [1.54, 1.807) is 13.2 Å². The quantitative estimate of drug-likeness (QED) is 0.683. The van der Waals surface area contributed by atoms with E-state index in [-0.39, 0.29) is 5.91 Å². The summed E-state index contributed by atoms with van der Waals surface area (Å²) in [5.41, 5.74) is 3.74. The van der Waals surface area contributed by atoms with Gasteiger partial charge in [0.15, 0.2) is 0 Å². The van der Waals surface area contributed by atoms with Gasteiger partial charge >= 0.3 is 0 Å². The lowest BCUT2D eigenvalue weighted by atomic mass is 10.2. The number of hydrogen-bond acceptors (Lipinski definition) is 4. The largest absolute Gasteiger partial charge is 0.495 e. The number of amides is 1. The minimum absolute atomic E-state index is 0.0916. The molecule has 3 rings (SSSR count). The second-order valence-electron chi connectivity index (χ2n) is 5.34. The van der Waals surface area contributed by atoms with Crippen LogP contribution >= 0.6 is 11.3 Å². The fourth-order valence-corrected chi connectivity index (χ4v) is 2.93. The molecule has 0 aliphatic carbocycles. The van der Waals surface area contributed by atoms with E-state index < -0.39 is 0 Å². The van der Waals surface area contributed by atoms with Crippen LogP contribution in [0.5, 0.6) is 5.75 Å². The van der Waals surface area contributed by atoms with Gasteiger partial charge in [-0.2, -0.15) is 0 Å². The number of carbonyl (C=O) groups excluding carboxylic acids is 1. The number of ether oxygens (including phenoxy) is 1. The molecule has 0 aliphatic heterocycles. The monoisotopic (exact) mass is 338 g/mol. The first-order valence-corrected chi connectivity index (χ1v) is 8.40. The lowest BCUT2D eigenvalue weighted by Gasteiger charge is -2.12. The molecule has 122 valence electrons. The summed E-state index contributed by atoms with van der Waals surface area (Å²) < 4.78 is 5.37. The molecule has 2 aromatic carbocycles. The molecule has 24 heavy (non-hydrogen) atoms. The highest BCUT2D eigenvalue weighted by Crippen LogP contribution is 2.29. The lowest BCUT2D eigenvalue weighted by molar-refractivity contribution is 0.103. The molecule has 0 atom stereocenters. The zero-order valence-electron chi connectivity index (χ0n) is 13.5. The first kappa shape index (κ1) is 16.1. The maximum absolute atomic E-state index is 12.0. The van der Waals surface area contributed by atoms with Crippen LogP contribution in [0.15, 0.2) is 60.0 Å². The first-order valence-electron chi connectivity index (χ1n) is 7.52. The predicted octanol–water partition coefficient (Wildman–Crippen LogP) is 5.06. The van der Waals surface area contributed by atoms with Crippen molar-refractivity contribution in [3.05, 3.63) is 70.4 Å². The van der Waals surface area contributed by atoms with E-state index in [1.807, 2.05) is 60.8 Å². The Hall–Kier alpha value is -2.79. The molecular weight excluding hydrogens is 320 g/mol. The smallest absolute Gasteiger partial charge is 0.265 e. The van der Waals surface area contributed by atoms with Gasteiger partial charge in [0.1, 0.15) is 5.75 Å². The molecule has 0 saturated carbocycles. The maximum atomic E-state index is 12.0. The molecule has 4 nitrogen and oxygen atoms in total. The van der Waals surface area contributed by atoms with Gasteiger partial charge in [-0.1, -0.05) is 12.1 Å². The van der Waals surface area contributed by atoms with Crippen molar-refractivity contribution in [2.24, 2.45) is 0 Å². The zero-order chi connectivity index (χ0) is 16.9. The van der Waals surface area contributed by atoms with Crippen LogP contribution in [0.25, 0.3) is 0 Å². The SMILES string of the molecule is COc1ccc(C)cc1Nc1ccc(NC(=O)c2cccs2)cc1. The average molecular weight is 338 g/mol. The fraction of sp³-hybridized carbons (Fsp3) is 0.105. The van der Waals surface area contributed by atoms with Crippen LogP contribution in [0.2, 0.25) is 0 Å². The molecule has 0 spiro atoms. The number of thiophene rings is 1. The van der Waals surface area contributed by atoms with Gasteiger partial charge in [0, 0.05) is 11.4 Å². The standard InChI is InChI=1S/C19H18N2O2S/c1-13-5-10-17(23-2)16(12-13)20-14-6-8-15(9-7-14)21-19(22)18-4-3-11-24-18/h3-12,20H,1-2H3,(H,21,22). The molecule has 0 bridgehead atoms. The molecule has 2 N–H and O–H groups in total. The van der Waals surface area contributed by atoms with Crippen molar-refractivity contribution in [3.8, 4) is 5.75 Å². The van der Waals surface area contributed by atoms with Crippen LogP contribution in [-0.2, 0) is 0 Å². The number of benzene rings is 2. The Morgan fingerprint density at radius 1 is 1.04 bits per heavy atom. The van der Waals surface area contributed by atoms with Crippen LogP contribution in [0.1, 0.15) is 15.2 Å². The molecule has 0 radical (unpaired) electrons. The molecule has 0 unspecified atom stereocenters. The van der Waals surface area contributed by atoms with Gasteiger partial charge in [0.05, 0.1) is 17.7 Å². The Bertz CT molecular complexity index is 827. The summed E-state index contributed by atoms with van der Waals surface area (Å²) in [4.78, 5) is 12.7. The first-order chi connectivity index (χ1) is 11.7. The Morgan fingerprint density at radius 3 is 2.46 bits per heavy atom. The van der Waals surface area contributed by atoms with E-state index in [0.717, 1.165) is 28.4 Å². The van der Waals surface area contributed by atoms with Crippen molar-refractivity contribution in [3.63, 3.8) is 0 Å². The Kier molecular flexibility index (Phi) is 4.82. The number of hydrogen-bond donors (Lipinski definition) is 2. The van der Waals surface area contributed by atoms with Gasteiger partial charge in [-0.3, -0.25) is 4.79 Å². The molecule has 1 heterocycles. The minimum atomic E-state index is -0.0916. The molecule has 0 aliphatic rings. The van der Waals surface area contributed by atoms with Crippen LogP contribution in [-0.4, -0.2) is 13.0 Å². The number of aryl methyl sites for hydroxylation is 1. The number of carbonyl (C=O) groups is 1. The third kappa shape index (κ3) is 3.75. The summed E-state index contributed by atoms with van der Waals surface area (Å²) in [6.45, 7) is 2.04. The maximum Gasteiger partial charge on any atom is 0.265 e. The van der Waals surface area contributed by atoms with E-state index >= 15 is 0 Å². The van der Waals surface area contributed by atoms with Crippen molar-refractivity contribution >= 4 is 34.3 Å². The van der Waals surface area contributed by atoms with Crippen LogP contribution < -0.4 is 15.4 Å². The third-order valence-corrected chi connectivity index (χ3v) is 4.39. The van der Waals surface area contributed by atoms with Gasteiger partial charge < -0.3 is 15.4 Å².